The lowest BCUT2D eigenvalue weighted by Crippen LogP contribution is -2.16. The second kappa shape index (κ2) is 5.20. The van der Waals surface area contributed by atoms with Crippen LogP contribution < -0.4 is 5.73 Å². The summed E-state index contributed by atoms with van der Waals surface area (Å²) in [5, 5.41) is 0. The quantitative estimate of drug-likeness (QED) is 0.856. The van der Waals surface area contributed by atoms with E-state index in [0.29, 0.717) is 6.20 Å². The van der Waals surface area contributed by atoms with Crippen molar-refractivity contribution < 1.29 is 17.6 Å². The van der Waals surface area contributed by atoms with Gasteiger partial charge >= 0.3 is 6.18 Å². The molecule has 0 aliphatic rings. The standard InChI is InChI=1S/C14H12F4N2/c1-8-2-4-11(15)10(6-8)13(19)12-5-3-9(7-20-12)14(16,17)18/h2-7,13H,19H2,1H3. The average molecular weight is 284 g/mol. The molecule has 1 unspecified atom stereocenters. The van der Waals surface area contributed by atoms with Crippen LogP contribution in [0.1, 0.15) is 28.4 Å². The Morgan fingerprint density at radius 3 is 2.40 bits per heavy atom. The van der Waals surface area contributed by atoms with Crippen LogP contribution in [0.15, 0.2) is 36.5 Å². The number of pyridine rings is 1. The number of halogens is 4. The van der Waals surface area contributed by atoms with Crippen molar-refractivity contribution >= 4 is 0 Å². The van der Waals surface area contributed by atoms with Gasteiger partial charge in [-0.25, -0.2) is 4.39 Å². The molecule has 0 saturated heterocycles. The van der Waals surface area contributed by atoms with Gasteiger partial charge in [-0.05, 0) is 25.1 Å². The number of nitrogens with zero attached hydrogens (tertiary/aromatic N) is 1. The van der Waals surface area contributed by atoms with Gasteiger partial charge in [0.2, 0.25) is 0 Å². The molecule has 106 valence electrons. The van der Waals surface area contributed by atoms with E-state index in [9.17, 15) is 17.6 Å². The van der Waals surface area contributed by atoms with Crippen molar-refractivity contribution in [1.29, 1.82) is 0 Å². The third kappa shape index (κ3) is 2.96. The summed E-state index contributed by atoms with van der Waals surface area (Å²) in [7, 11) is 0. The largest absolute Gasteiger partial charge is 0.417 e. The summed E-state index contributed by atoms with van der Waals surface area (Å²) in [6.07, 6.45) is -3.76. The molecule has 20 heavy (non-hydrogen) atoms. The predicted molar refractivity (Wildman–Crippen MR) is 66.4 cm³/mol. The second-order valence-electron chi connectivity index (χ2n) is 4.47. The lowest BCUT2D eigenvalue weighted by Gasteiger charge is -2.14. The molecule has 0 amide bonds. The minimum Gasteiger partial charge on any atom is -0.319 e. The highest BCUT2D eigenvalue weighted by Crippen LogP contribution is 2.29. The average Bonchev–Trinajstić information content (AvgIpc) is 2.40. The third-order valence-corrected chi connectivity index (χ3v) is 2.92. The summed E-state index contributed by atoms with van der Waals surface area (Å²) in [6, 6.07) is 5.56. The van der Waals surface area contributed by atoms with Crippen LogP contribution in [0, 0.1) is 12.7 Å². The Kier molecular flexibility index (Phi) is 3.76. The van der Waals surface area contributed by atoms with E-state index in [0.717, 1.165) is 17.7 Å². The van der Waals surface area contributed by atoms with Crippen LogP contribution in [0.3, 0.4) is 0 Å². The van der Waals surface area contributed by atoms with Gasteiger partial charge in [-0.1, -0.05) is 17.7 Å². The first-order valence-electron chi connectivity index (χ1n) is 5.84. The van der Waals surface area contributed by atoms with Crippen molar-refractivity contribution in [3.8, 4) is 0 Å². The molecule has 1 atom stereocenters. The lowest BCUT2D eigenvalue weighted by molar-refractivity contribution is -0.137. The number of hydrogen-bond donors (Lipinski definition) is 1. The maximum Gasteiger partial charge on any atom is 0.417 e. The van der Waals surface area contributed by atoms with Gasteiger partial charge in [-0.2, -0.15) is 13.2 Å². The van der Waals surface area contributed by atoms with Gasteiger partial charge in [0.25, 0.3) is 0 Å². The normalized spacial score (nSPS) is 13.3. The van der Waals surface area contributed by atoms with Gasteiger partial charge in [0.05, 0.1) is 17.3 Å². The Hall–Kier alpha value is -1.95. The molecule has 2 aromatic rings. The smallest absolute Gasteiger partial charge is 0.319 e. The fraction of sp³-hybridized carbons (Fsp3) is 0.214. The fourth-order valence-electron chi connectivity index (χ4n) is 1.82. The van der Waals surface area contributed by atoms with Gasteiger partial charge < -0.3 is 5.73 Å². The van der Waals surface area contributed by atoms with Crippen molar-refractivity contribution in [2.45, 2.75) is 19.1 Å². The zero-order valence-corrected chi connectivity index (χ0v) is 10.6. The highest BCUT2D eigenvalue weighted by molar-refractivity contribution is 5.32. The van der Waals surface area contributed by atoms with Crippen molar-refractivity contribution in [2.75, 3.05) is 0 Å². The van der Waals surface area contributed by atoms with Crippen molar-refractivity contribution in [2.24, 2.45) is 5.73 Å². The molecule has 0 aliphatic carbocycles. The number of rotatable bonds is 2. The summed E-state index contributed by atoms with van der Waals surface area (Å²) < 4.78 is 51.0. The molecule has 1 heterocycles. The maximum atomic E-state index is 13.7. The van der Waals surface area contributed by atoms with E-state index in [1.807, 2.05) is 0 Å². The number of alkyl halides is 3. The molecule has 0 aliphatic heterocycles. The Labute approximate surface area is 113 Å². The molecule has 0 bridgehead atoms. The summed E-state index contributed by atoms with van der Waals surface area (Å²) in [4.78, 5) is 3.68. The fourth-order valence-corrected chi connectivity index (χ4v) is 1.82. The summed E-state index contributed by atoms with van der Waals surface area (Å²) in [6.45, 7) is 1.77. The van der Waals surface area contributed by atoms with Crippen LogP contribution in [0.2, 0.25) is 0 Å². The first-order chi connectivity index (χ1) is 9.29. The van der Waals surface area contributed by atoms with Crippen molar-refractivity contribution in [3.05, 3.63) is 64.7 Å². The SMILES string of the molecule is Cc1ccc(F)c(C(N)c2ccc(C(F)(F)F)cn2)c1. The van der Waals surface area contributed by atoms with E-state index in [1.54, 1.807) is 19.1 Å². The number of hydrogen-bond acceptors (Lipinski definition) is 2. The molecule has 0 radical (unpaired) electrons. The lowest BCUT2D eigenvalue weighted by atomic mass is 10.0. The van der Waals surface area contributed by atoms with Crippen LogP contribution in [0.5, 0.6) is 0 Å². The second-order valence-corrected chi connectivity index (χ2v) is 4.47. The van der Waals surface area contributed by atoms with Crippen LogP contribution in [0.4, 0.5) is 17.6 Å². The van der Waals surface area contributed by atoms with Gasteiger partial charge in [-0.3, -0.25) is 4.98 Å². The van der Waals surface area contributed by atoms with E-state index < -0.39 is 23.6 Å². The van der Waals surface area contributed by atoms with E-state index in [2.05, 4.69) is 4.98 Å². The van der Waals surface area contributed by atoms with Gasteiger partial charge in [-0.15, -0.1) is 0 Å². The van der Waals surface area contributed by atoms with E-state index in [-0.39, 0.29) is 11.3 Å². The summed E-state index contributed by atoms with van der Waals surface area (Å²) >= 11 is 0. The molecule has 2 nitrogen and oxygen atoms in total. The predicted octanol–water partition coefficient (Wildman–Crippen LogP) is 3.60. The Balaban J connectivity index is 2.34. The molecule has 0 spiro atoms. The van der Waals surface area contributed by atoms with Crippen LogP contribution in [-0.4, -0.2) is 4.98 Å². The zero-order valence-electron chi connectivity index (χ0n) is 10.6. The van der Waals surface area contributed by atoms with Crippen molar-refractivity contribution in [3.63, 3.8) is 0 Å². The highest BCUT2D eigenvalue weighted by Gasteiger charge is 2.31. The van der Waals surface area contributed by atoms with Gasteiger partial charge in [0, 0.05) is 11.8 Å². The van der Waals surface area contributed by atoms with E-state index >= 15 is 0 Å². The number of aromatic nitrogens is 1. The molecule has 0 saturated carbocycles. The van der Waals surface area contributed by atoms with Gasteiger partial charge in [0.1, 0.15) is 5.82 Å². The number of nitrogens with two attached hydrogens (primary N) is 1. The third-order valence-electron chi connectivity index (χ3n) is 2.92. The molecule has 1 aromatic carbocycles. The van der Waals surface area contributed by atoms with E-state index in [4.69, 9.17) is 5.73 Å². The first-order valence-corrected chi connectivity index (χ1v) is 5.84. The Bertz CT molecular complexity index is 606. The summed E-state index contributed by atoms with van der Waals surface area (Å²) in [5.41, 5.74) is 6.20. The minimum absolute atomic E-state index is 0.183. The highest BCUT2D eigenvalue weighted by atomic mass is 19.4. The Morgan fingerprint density at radius 2 is 1.85 bits per heavy atom. The molecular weight excluding hydrogens is 272 g/mol. The molecule has 0 fully saturated rings. The molecule has 2 N–H and O–H groups in total. The van der Waals surface area contributed by atoms with E-state index in [1.165, 1.54) is 6.07 Å². The minimum atomic E-state index is -4.45. The maximum absolute atomic E-state index is 13.7. The number of benzene rings is 1. The summed E-state index contributed by atoms with van der Waals surface area (Å²) in [5.74, 6) is -0.509. The Morgan fingerprint density at radius 1 is 1.15 bits per heavy atom. The van der Waals surface area contributed by atoms with Crippen LogP contribution in [0.25, 0.3) is 0 Å². The molecular formula is C14H12F4N2. The molecule has 6 heteroatoms. The van der Waals surface area contributed by atoms with Crippen molar-refractivity contribution in [1.82, 2.24) is 4.98 Å². The zero-order chi connectivity index (χ0) is 14.9. The molecule has 2 rings (SSSR count). The first kappa shape index (κ1) is 14.5. The topological polar surface area (TPSA) is 38.9 Å². The number of aryl methyl sites for hydroxylation is 1. The van der Waals surface area contributed by atoms with Crippen LogP contribution in [-0.2, 0) is 6.18 Å². The van der Waals surface area contributed by atoms with Gasteiger partial charge in [0.15, 0.2) is 0 Å². The molecule has 1 aromatic heterocycles. The van der Waals surface area contributed by atoms with Crippen LogP contribution >= 0.6 is 0 Å². The monoisotopic (exact) mass is 284 g/mol.